The summed E-state index contributed by atoms with van der Waals surface area (Å²) in [4.78, 5) is 0. The summed E-state index contributed by atoms with van der Waals surface area (Å²) in [6.45, 7) is 1.81. The number of rotatable bonds is 4. The van der Waals surface area contributed by atoms with Gasteiger partial charge in [0.05, 0.1) is 5.31 Å². The average Bonchev–Trinajstić information content (AvgIpc) is 2.31. The molecule has 0 atom stereocenters. The highest BCUT2D eigenvalue weighted by Crippen LogP contribution is 2.59. The summed E-state index contributed by atoms with van der Waals surface area (Å²) in [6, 6.07) is 9.42. The van der Waals surface area contributed by atoms with Gasteiger partial charge in [-0.1, -0.05) is 36.4 Å². The fourth-order valence-electron chi connectivity index (χ4n) is 1.36. The van der Waals surface area contributed by atoms with Crippen molar-refractivity contribution in [3.05, 3.63) is 42.0 Å². The van der Waals surface area contributed by atoms with Crippen molar-refractivity contribution in [2.75, 3.05) is 14.2 Å². The van der Waals surface area contributed by atoms with E-state index in [9.17, 15) is 4.57 Å². The van der Waals surface area contributed by atoms with E-state index in [0.717, 1.165) is 5.56 Å². The zero-order valence-electron chi connectivity index (χ0n) is 9.14. The fourth-order valence-corrected chi connectivity index (χ4v) is 2.69. The van der Waals surface area contributed by atoms with Crippen molar-refractivity contribution in [3.8, 4) is 0 Å². The summed E-state index contributed by atoms with van der Waals surface area (Å²) in [5, 5.41) is 0.591. The van der Waals surface area contributed by atoms with Gasteiger partial charge in [-0.15, -0.1) is 0 Å². The molecule has 15 heavy (non-hydrogen) atoms. The number of hydrogen-bond donors (Lipinski definition) is 0. The molecule has 1 rings (SSSR count). The summed E-state index contributed by atoms with van der Waals surface area (Å²) in [5.41, 5.74) is 0.854. The van der Waals surface area contributed by atoms with Gasteiger partial charge in [0.15, 0.2) is 0 Å². The smallest absolute Gasteiger partial charge is 0.309 e. The monoisotopic (exact) mass is 226 g/mol. The Morgan fingerprint density at radius 3 is 2.13 bits per heavy atom. The maximum Gasteiger partial charge on any atom is 0.361 e. The van der Waals surface area contributed by atoms with Crippen LogP contribution in [0.4, 0.5) is 0 Å². The first-order chi connectivity index (χ1) is 7.18. The van der Waals surface area contributed by atoms with Crippen LogP contribution in [-0.2, 0) is 13.6 Å². The third kappa shape index (κ3) is 2.57. The van der Waals surface area contributed by atoms with Gasteiger partial charge >= 0.3 is 7.60 Å². The van der Waals surface area contributed by atoms with Crippen LogP contribution in [0.5, 0.6) is 0 Å². The first-order valence-electron chi connectivity index (χ1n) is 4.61. The van der Waals surface area contributed by atoms with E-state index in [1.54, 1.807) is 6.08 Å². The largest absolute Gasteiger partial charge is 0.361 e. The predicted octanol–water partition coefficient (Wildman–Crippen LogP) is 3.53. The molecule has 0 spiro atoms. The van der Waals surface area contributed by atoms with Crippen molar-refractivity contribution in [1.82, 2.24) is 0 Å². The standard InChI is InChI=1S/C11H15O3P/c1-4-11(15(12,13-2)14-3)10-8-6-5-7-9-10/h4-9H,1-3H3/b11-4+. The van der Waals surface area contributed by atoms with Crippen LogP contribution < -0.4 is 0 Å². The highest BCUT2D eigenvalue weighted by atomic mass is 31.2. The summed E-state index contributed by atoms with van der Waals surface area (Å²) in [7, 11) is -0.381. The van der Waals surface area contributed by atoms with Gasteiger partial charge in [0.2, 0.25) is 0 Å². The lowest BCUT2D eigenvalue weighted by molar-refractivity contribution is 0.288. The van der Waals surface area contributed by atoms with Crippen molar-refractivity contribution in [1.29, 1.82) is 0 Å². The molecule has 0 aliphatic carbocycles. The van der Waals surface area contributed by atoms with Crippen LogP contribution in [0.15, 0.2) is 36.4 Å². The van der Waals surface area contributed by atoms with Gasteiger partial charge in [-0.2, -0.15) is 0 Å². The molecule has 0 saturated heterocycles. The van der Waals surface area contributed by atoms with Gasteiger partial charge in [-0.05, 0) is 12.5 Å². The van der Waals surface area contributed by atoms with E-state index in [1.807, 2.05) is 37.3 Å². The Balaban J connectivity index is 3.17. The fraction of sp³-hybridized carbons (Fsp3) is 0.273. The van der Waals surface area contributed by atoms with Gasteiger partial charge < -0.3 is 9.05 Å². The van der Waals surface area contributed by atoms with Crippen LogP contribution in [0.1, 0.15) is 12.5 Å². The lowest BCUT2D eigenvalue weighted by Gasteiger charge is -2.17. The summed E-state index contributed by atoms with van der Waals surface area (Å²) >= 11 is 0. The van der Waals surface area contributed by atoms with E-state index >= 15 is 0 Å². The molecule has 82 valence electrons. The zero-order valence-corrected chi connectivity index (χ0v) is 10.0. The summed E-state index contributed by atoms with van der Waals surface area (Å²) in [6.07, 6.45) is 1.75. The number of allylic oxidation sites excluding steroid dienone is 1. The molecule has 0 radical (unpaired) electrons. The highest BCUT2D eigenvalue weighted by Gasteiger charge is 2.27. The zero-order chi connectivity index (χ0) is 11.3. The van der Waals surface area contributed by atoms with Gasteiger partial charge in [-0.3, -0.25) is 4.57 Å². The first-order valence-corrected chi connectivity index (χ1v) is 6.16. The molecule has 0 fully saturated rings. The summed E-state index contributed by atoms with van der Waals surface area (Å²) in [5.74, 6) is 0. The average molecular weight is 226 g/mol. The van der Waals surface area contributed by atoms with Crippen molar-refractivity contribution < 1.29 is 13.6 Å². The molecule has 0 aliphatic heterocycles. The quantitative estimate of drug-likeness (QED) is 0.736. The molecule has 0 amide bonds. The Morgan fingerprint density at radius 2 is 1.73 bits per heavy atom. The van der Waals surface area contributed by atoms with E-state index < -0.39 is 7.60 Å². The second kappa shape index (κ2) is 5.26. The molecular formula is C11H15O3P. The Bertz CT molecular complexity index is 376. The van der Waals surface area contributed by atoms with E-state index in [0.29, 0.717) is 5.31 Å². The SMILES string of the molecule is C/C=C(\c1ccccc1)P(=O)(OC)OC. The van der Waals surface area contributed by atoms with E-state index in [2.05, 4.69) is 0 Å². The molecule has 1 aromatic carbocycles. The molecule has 0 aromatic heterocycles. The minimum atomic E-state index is -3.15. The molecule has 0 unspecified atom stereocenters. The molecule has 0 N–H and O–H groups in total. The Morgan fingerprint density at radius 1 is 1.20 bits per heavy atom. The van der Waals surface area contributed by atoms with Crippen LogP contribution in [0.25, 0.3) is 5.31 Å². The maximum atomic E-state index is 12.2. The Labute approximate surface area is 90.3 Å². The predicted molar refractivity (Wildman–Crippen MR) is 61.7 cm³/mol. The molecular weight excluding hydrogens is 211 g/mol. The highest BCUT2D eigenvalue weighted by molar-refractivity contribution is 7.65. The molecule has 1 aromatic rings. The lowest BCUT2D eigenvalue weighted by Crippen LogP contribution is -1.92. The van der Waals surface area contributed by atoms with E-state index in [4.69, 9.17) is 9.05 Å². The Kier molecular flexibility index (Phi) is 4.28. The van der Waals surface area contributed by atoms with Crippen molar-refractivity contribution in [2.24, 2.45) is 0 Å². The molecule has 0 aliphatic rings. The van der Waals surface area contributed by atoms with Crippen LogP contribution in [0, 0.1) is 0 Å². The van der Waals surface area contributed by atoms with Crippen LogP contribution >= 0.6 is 7.60 Å². The second-order valence-electron chi connectivity index (χ2n) is 2.90. The van der Waals surface area contributed by atoms with Gasteiger partial charge in [0.25, 0.3) is 0 Å². The first kappa shape index (κ1) is 12.2. The van der Waals surface area contributed by atoms with E-state index in [1.165, 1.54) is 14.2 Å². The maximum absolute atomic E-state index is 12.2. The molecule has 0 heterocycles. The van der Waals surface area contributed by atoms with Crippen LogP contribution in [-0.4, -0.2) is 14.2 Å². The van der Waals surface area contributed by atoms with Crippen LogP contribution in [0.3, 0.4) is 0 Å². The van der Waals surface area contributed by atoms with E-state index in [-0.39, 0.29) is 0 Å². The normalized spacial score (nSPS) is 12.9. The summed E-state index contributed by atoms with van der Waals surface area (Å²) < 4.78 is 22.1. The molecule has 0 saturated carbocycles. The van der Waals surface area contributed by atoms with Gasteiger partial charge in [0.1, 0.15) is 0 Å². The third-order valence-corrected chi connectivity index (χ3v) is 4.19. The molecule has 0 bridgehead atoms. The number of hydrogen-bond acceptors (Lipinski definition) is 3. The van der Waals surface area contributed by atoms with Crippen molar-refractivity contribution in [3.63, 3.8) is 0 Å². The lowest BCUT2D eigenvalue weighted by atomic mass is 10.2. The minimum Gasteiger partial charge on any atom is -0.309 e. The Hall–Kier alpha value is -0.890. The van der Waals surface area contributed by atoms with Gasteiger partial charge in [0, 0.05) is 14.2 Å². The number of benzene rings is 1. The van der Waals surface area contributed by atoms with Gasteiger partial charge in [-0.25, -0.2) is 0 Å². The minimum absolute atomic E-state index is 0.591. The van der Waals surface area contributed by atoms with Crippen molar-refractivity contribution in [2.45, 2.75) is 6.92 Å². The topological polar surface area (TPSA) is 35.5 Å². The molecule has 3 nitrogen and oxygen atoms in total. The van der Waals surface area contributed by atoms with Crippen LogP contribution in [0.2, 0.25) is 0 Å². The third-order valence-electron chi connectivity index (χ3n) is 2.12. The second-order valence-corrected chi connectivity index (χ2v) is 5.11. The molecule has 4 heteroatoms. The van der Waals surface area contributed by atoms with Crippen molar-refractivity contribution >= 4 is 12.9 Å².